The van der Waals surface area contributed by atoms with Crippen LogP contribution in [0.4, 0.5) is 0 Å². The van der Waals surface area contributed by atoms with Gasteiger partial charge in [0.2, 0.25) is 15.9 Å². The van der Waals surface area contributed by atoms with Gasteiger partial charge in [0, 0.05) is 49.8 Å². The molecule has 2 aromatic carbocycles. The van der Waals surface area contributed by atoms with Crippen LogP contribution in [0.25, 0.3) is 10.9 Å². The Bertz CT molecular complexity index is 1520. The second kappa shape index (κ2) is 10.0. The van der Waals surface area contributed by atoms with E-state index in [0.717, 1.165) is 22.8 Å². The van der Waals surface area contributed by atoms with Gasteiger partial charge in [0.1, 0.15) is 17.8 Å². The highest BCUT2D eigenvalue weighted by Gasteiger charge is 2.34. The molecule has 1 unspecified atom stereocenters. The Hall–Kier alpha value is -3.63. The first kappa shape index (κ1) is 25.0. The second-order valence-corrected chi connectivity index (χ2v) is 11.4. The Morgan fingerprint density at radius 3 is 2.54 bits per heavy atom. The molecule has 10 heteroatoms. The minimum atomic E-state index is -3.63. The minimum absolute atomic E-state index is 0.0116. The zero-order chi connectivity index (χ0) is 26.2. The van der Waals surface area contributed by atoms with E-state index in [1.165, 1.54) is 0 Å². The van der Waals surface area contributed by atoms with Gasteiger partial charge < -0.3 is 18.8 Å². The van der Waals surface area contributed by atoms with Crippen LogP contribution in [0.15, 0.2) is 65.8 Å². The van der Waals surface area contributed by atoms with Gasteiger partial charge in [-0.05, 0) is 62.2 Å². The van der Waals surface area contributed by atoms with Crippen molar-refractivity contribution in [1.82, 2.24) is 18.7 Å². The maximum absolute atomic E-state index is 13.3. The molecule has 1 atom stereocenters. The fourth-order valence-corrected chi connectivity index (χ4v) is 6.31. The number of sulfonamides is 1. The maximum Gasteiger partial charge on any atom is 0.243 e. The van der Waals surface area contributed by atoms with Crippen molar-refractivity contribution in [1.29, 1.82) is 0 Å². The van der Waals surface area contributed by atoms with Crippen LogP contribution in [0.5, 0.6) is 17.4 Å². The summed E-state index contributed by atoms with van der Waals surface area (Å²) in [5, 5.41) is 5.11. The summed E-state index contributed by atoms with van der Waals surface area (Å²) < 4.78 is 43.4. The van der Waals surface area contributed by atoms with Crippen molar-refractivity contribution in [3.05, 3.63) is 66.5 Å². The maximum atomic E-state index is 13.3. The first-order valence-electron chi connectivity index (χ1n) is 12.3. The van der Waals surface area contributed by atoms with Gasteiger partial charge in [-0.2, -0.15) is 9.40 Å². The largest absolute Gasteiger partial charge is 0.491 e. The molecule has 0 spiro atoms. The van der Waals surface area contributed by atoms with Crippen molar-refractivity contribution in [2.45, 2.75) is 43.7 Å². The normalized spacial score (nSPS) is 16.5. The van der Waals surface area contributed by atoms with E-state index in [0.29, 0.717) is 36.9 Å². The van der Waals surface area contributed by atoms with Gasteiger partial charge in [0.05, 0.1) is 29.3 Å². The average molecular weight is 523 g/mol. The lowest BCUT2D eigenvalue weighted by Gasteiger charge is -2.17. The predicted octanol–water partition coefficient (Wildman–Crippen LogP) is 4.33. The number of hydrogen-bond acceptors (Lipinski definition) is 6. The number of rotatable bonds is 9. The van der Waals surface area contributed by atoms with E-state index in [-0.39, 0.29) is 23.5 Å². The smallest absolute Gasteiger partial charge is 0.243 e. The molecule has 5 rings (SSSR count). The molecule has 9 nitrogen and oxygen atoms in total. The summed E-state index contributed by atoms with van der Waals surface area (Å²) in [4.78, 5) is 11.7. The topological polar surface area (TPSA) is 95.7 Å². The zero-order valence-electron chi connectivity index (χ0n) is 21.1. The Kier molecular flexibility index (Phi) is 6.78. The molecule has 1 aliphatic rings. The Balaban J connectivity index is 1.39. The van der Waals surface area contributed by atoms with E-state index >= 15 is 0 Å². The third-order valence-electron chi connectivity index (χ3n) is 6.58. The van der Waals surface area contributed by atoms with Crippen molar-refractivity contribution in [3.8, 4) is 17.4 Å². The molecule has 0 radical (unpaired) electrons. The van der Waals surface area contributed by atoms with E-state index in [1.807, 2.05) is 42.8 Å². The van der Waals surface area contributed by atoms with Crippen molar-refractivity contribution in [3.63, 3.8) is 0 Å². The molecule has 3 heterocycles. The number of fused-ring (bicyclic) bond motifs is 1. The molecule has 1 aliphatic heterocycles. The first-order valence-corrected chi connectivity index (χ1v) is 13.7. The minimum Gasteiger partial charge on any atom is -0.491 e. The summed E-state index contributed by atoms with van der Waals surface area (Å²) in [6.45, 7) is 4.86. The highest BCUT2D eigenvalue weighted by atomic mass is 32.2. The van der Waals surface area contributed by atoms with Crippen LogP contribution in [-0.4, -0.2) is 52.6 Å². The summed E-state index contributed by atoms with van der Waals surface area (Å²) in [6.07, 6.45) is 5.19. The molecule has 0 amide bonds. The van der Waals surface area contributed by atoms with Gasteiger partial charge in [-0.3, -0.25) is 0 Å². The molecule has 1 fully saturated rings. The summed E-state index contributed by atoms with van der Waals surface area (Å²) >= 11 is 0. The Morgan fingerprint density at radius 1 is 1.11 bits per heavy atom. The summed E-state index contributed by atoms with van der Waals surface area (Å²) in [6, 6.07) is 14.1. The molecule has 37 heavy (non-hydrogen) atoms. The molecule has 0 saturated carbocycles. The number of carbonyl (C=O) groups excluding carboxylic acids is 1. The van der Waals surface area contributed by atoms with Crippen LogP contribution in [0.1, 0.15) is 31.7 Å². The number of nitrogens with zero attached hydrogens (tertiary/aromatic N) is 4. The first-order chi connectivity index (χ1) is 17.8. The molecular formula is C27H30N4O5S. The van der Waals surface area contributed by atoms with Crippen LogP contribution in [0, 0.1) is 0 Å². The third kappa shape index (κ3) is 4.99. The highest BCUT2D eigenvalue weighted by molar-refractivity contribution is 7.89. The van der Waals surface area contributed by atoms with E-state index in [1.54, 1.807) is 52.6 Å². The third-order valence-corrected chi connectivity index (χ3v) is 8.46. The van der Waals surface area contributed by atoms with Crippen LogP contribution in [-0.2, 0) is 28.4 Å². The lowest BCUT2D eigenvalue weighted by molar-refractivity contribution is -0.108. The summed E-state index contributed by atoms with van der Waals surface area (Å²) in [5.41, 5.74) is 1.89. The Labute approximate surface area is 216 Å². The highest BCUT2D eigenvalue weighted by Crippen LogP contribution is 2.37. The van der Waals surface area contributed by atoms with Gasteiger partial charge in [-0.1, -0.05) is 0 Å². The van der Waals surface area contributed by atoms with E-state index in [9.17, 15) is 13.2 Å². The molecule has 2 aromatic heterocycles. The predicted molar refractivity (Wildman–Crippen MR) is 140 cm³/mol. The quantitative estimate of drug-likeness (QED) is 0.304. The SMILES string of the molecule is CC(C)Oc1ccc(S(=O)(=O)N2CCC(c3cn(CC=O)c4cc(Oc5ccnn5C)ccc34)C2)cc1. The van der Waals surface area contributed by atoms with Gasteiger partial charge in [0.25, 0.3) is 0 Å². The lowest BCUT2D eigenvalue weighted by atomic mass is 9.98. The van der Waals surface area contributed by atoms with E-state index in [4.69, 9.17) is 9.47 Å². The van der Waals surface area contributed by atoms with Gasteiger partial charge in [0.15, 0.2) is 0 Å². The van der Waals surface area contributed by atoms with Crippen molar-refractivity contribution < 1.29 is 22.7 Å². The molecule has 1 saturated heterocycles. The fourth-order valence-electron chi connectivity index (χ4n) is 4.81. The second-order valence-electron chi connectivity index (χ2n) is 9.46. The molecule has 4 aromatic rings. The number of benzene rings is 2. The van der Waals surface area contributed by atoms with Crippen LogP contribution >= 0.6 is 0 Å². The molecule has 194 valence electrons. The molecule has 0 bridgehead atoms. The summed E-state index contributed by atoms with van der Waals surface area (Å²) in [7, 11) is -1.83. The van der Waals surface area contributed by atoms with E-state index in [2.05, 4.69) is 5.10 Å². The van der Waals surface area contributed by atoms with Gasteiger partial charge >= 0.3 is 0 Å². The average Bonchev–Trinajstić information content (AvgIpc) is 3.59. The van der Waals surface area contributed by atoms with Crippen molar-refractivity contribution in [2.24, 2.45) is 7.05 Å². The van der Waals surface area contributed by atoms with Crippen molar-refractivity contribution >= 4 is 27.2 Å². The van der Waals surface area contributed by atoms with Crippen LogP contribution < -0.4 is 9.47 Å². The number of carbonyl (C=O) groups is 1. The van der Waals surface area contributed by atoms with Crippen molar-refractivity contribution in [2.75, 3.05) is 13.1 Å². The standard InChI is InChI=1S/C27H30N4O5S/c1-19(2)35-21-4-7-23(8-5-21)37(33,34)31-13-11-20(17-31)25-18-30(14-15-32)26-16-22(6-9-24(25)26)36-27-10-12-28-29(27)3/h4-10,12,15-16,18-20H,11,13-14,17H2,1-3H3. The number of aryl methyl sites for hydroxylation is 1. The summed E-state index contributed by atoms with van der Waals surface area (Å²) in [5.74, 6) is 1.89. The molecule has 0 N–H and O–H groups in total. The number of hydrogen-bond donors (Lipinski definition) is 0. The lowest BCUT2D eigenvalue weighted by Crippen LogP contribution is -2.28. The van der Waals surface area contributed by atoms with Crippen LogP contribution in [0.3, 0.4) is 0 Å². The number of aromatic nitrogens is 3. The fraction of sp³-hybridized carbons (Fsp3) is 0.333. The number of aldehydes is 1. The Morgan fingerprint density at radius 2 is 1.86 bits per heavy atom. The molecular weight excluding hydrogens is 492 g/mol. The van der Waals surface area contributed by atoms with Gasteiger partial charge in [-0.25, -0.2) is 13.1 Å². The number of ether oxygens (including phenoxy) is 2. The van der Waals surface area contributed by atoms with E-state index < -0.39 is 10.0 Å². The zero-order valence-corrected chi connectivity index (χ0v) is 21.9. The molecule has 0 aliphatic carbocycles. The van der Waals surface area contributed by atoms with Gasteiger partial charge in [-0.15, -0.1) is 0 Å². The van der Waals surface area contributed by atoms with Crippen LogP contribution in [0.2, 0.25) is 0 Å². The monoisotopic (exact) mass is 522 g/mol.